The Hall–Kier alpha value is -3.03. The molecule has 6 nitrogen and oxygen atoms in total. The summed E-state index contributed by atoms with van der Waals surface area (Å²) >= 11 is 0. The fourth-order valence-electron chi connectivity index (χ4n) is 2.37. The van der Waals surface area contributed by atoms with Crippen molar-refractivity contribution in [1.29, 1.82) is 0 Å². The van der Waals surface area contributed by atoms with Gasteiger partial charge in [0.15, 0.2) is 11.5 Å². The van der Waals surface area contributed by atoms with Crippen LogP contribution in [0.3, 0.4) is 0 Å². The molecular weight excluding hydrogens is 334 g/mol. The summed E-state index contributed by atoms with van der Waals surface area (Å²) in [4.78, 5) is 12.0. The predicted molar refractivity (Wildman–Crippen MR) is 86.2 cm³/mol. The average molecular weight is 350 g/mol. The zero-order chi connectivity index (χ0) is 17.8. The van der Waals surface area contributed by atoms with Crippen LogP contribution in [0.25, 0.3) is 0 Å². The molecule has 25 heavy (non-hydrogen) atoms. The molecule has 0 saturated carbocycles. The fraction of sp³-hybridized carbons (Fsp3) is 0.235. The number of rotatable bonds is 5. The van der Waals surface area contributed by atoms with Crippen molar-refractivity contribution in [2.24, 2.45) is 0 Å². The van der Waals surface area contributed by atoms with Crippen molar-refractivity contribution in [3.05, 3.63) is 47.5 Å². The Balaban J connectivity index is 1.59. The molecule has 2 N–H and O–H groups in total. The first kappa shape index (κ1) is 16.8. The van der Waals surface area contributed by atoms with E-state index < -0.39 is 12.6 Å². The number of carbonyl (C=O) groups is 1. The summed E-state index contributed by atoms with van der Waals surface area (Å²) in [6.07, 6.45) is 0. The molecule has 2 aromatic carbocycles. The van der Waals surface area contributed by atoms with Crippen LogP contribution < -0.4 is 24.8 Å². The van der Waals surface area contributed by atoms with Gasteiger partial charge in [-0.1, -0.05) is 12.1 Å². The smallest absolute Gasteiger partial charge is 0.387 e. The highest BCUT2D eigenvalue weighted by Crippen LogP contribution is 2.32. The Morgan fingerprint density at radius 2 is 2.04 bits per heavy atom. The Morgan fingerprint density at radius 3 is 2.84 bits per heavy atom. The van der Waals surface area contributed by atoms with E-state index in [-0.39, 0.29) is 19.1 Å². The van der Waals surface area contributed by atoms with Gasteiger partial charge in [0.25, 0.3) is 0 Å². The minimum Gasteiger partial charge on any atom is -0.454 e. The summed E-state index contributed by atoms with van der Waals surface area (Å²) in [5.74, 6) is 1.32. The van der Waals surface area contributed by atoms with Crippen LogP contribution in [0.15, 0.2) is 36.4 Å². The third-order valence-corrected chi connectivity index (χ3v) is 3.64. The molecule has 0 aromatic heterocycles. The second kappa shape index (κ2) is 7.25. The maximum absolute atomic E-state index is 12.4. The van der Waals surface area contributed by atoms with Gasteiger partial charge in [-0.05, 0) is 36.8 Å². The number of fused-ring (bicyclic) bond motifs is 1. The number of benzene rings is 2. The van der Waals surface area contributed by atoms with Gasteiger partial charge >= 0.3 is 12.6 Å². The van der Waals surface area contributed by atoms with E-state index in [1.54, 1.807) is 25.1 Å². The Bertz CT molecular complexity index is 783. The van der Waals surface area contributed by atoms with Crippen molar-refractivity contribution in [3.8, 4) is 17.2 Å². The maximum Gasteiger partial charge on any atom is 0.387 e. The number of hydrogen-bond acceptors (Lipinski definition) is 4. The zero-order valence-electron chi connectivity index (χ0n) is 13.3. The number of amides is 2. The highest BCUT2D eigenvalue weighted by Gasteiger charge is 2.14. The van der Waals surface area contributed by atoms with Crippen LogP contribution in [0.4, 0.5) is 19.3 Å². The summed E-state index contributed by atoms with van der Waals surface area (Å²) in [5, 5.41) is 5.31. The van der Waals surface area contributed by atoms with E-state index in [1.807, 2.05) is 6.07 Å². The average Bonchev–Trinajstić information content (AvgIpc) is 3.04. The molecule has 1 aliphatic rings. The molecule has 0 saturated heterocycles. The summed E-state index contributed by atoms with van der Waals surface area (Å²) in [6, 6.07) is 9.45. The van der Waals surface area contributed by atoms with Gasteiger partial charge in [0.2, 0.25) is 6.79 Å². The van der Waals surface area contributed by atoms with Crippen LogP contribution in [-0.2, 0) is 6.54 Å². The van der Waals surface area contributed by atoms with Crippen molar-refractivity contribution in [2.75, 3.05) is 12.1 Å². The standard InChI is InChI=1S/C17H16F2N2O4/c1-10-12(3-2-4-13(10)25-16(18)19)21-17(22)20-8-11-5-6-14-15(7-11)24-9-23-14/h2-7,16H,8-9H2,1H3,(H2,20,21,22). The molecule has 3 rings (SSSR count). The molecule has 1 aliphatic heterocycles. The lowest BCUT2D eigenvalue weighted by Gasteiger charge is -2.13. The van der Waals surface area contributed by atoms with E-state index in [9.17, 15) is 13.6 Å². The fourth-order valence-corrected chi connectivity index (χ4v) is 2.37. The lowest BCUT2D eigenvalue weighted by molar-refractivity contribution is -0.0502. The maximum atomic E-state index is 12.4. The van der Waals surface area contributed by atoms with E-state index in [0.717, 1.165) is 5.56 Å². The van der Waals surface area contributed by atoms with E-state index in [4.69, 9.17) is 9.47 Å². The molecule has 2 amide bonds. The molecule has 1 heterocycles. The van der Waals surface area contributed by atoms with Crippen molar-refractivity contribution < 1.29 is 27.8 Å². The largest absolute Gasteiger partial charge is 0.454 e. The van der Waals surface area contributed by atoms with Crippen LogP contribution in [0.5, 0.6) is 17.2 Å². The SMILES string of the molecule is Cc1c(NC(=O)NCc2ccc3c(c2)OCO3)cccc1OC(F)F. The number of urea groups is 1. The summed E-state index contributed by atoms with van der Waals surface area (Å²) in [7, 11) is 0. The third-order valence-electron chi connectivity index (χ3n) is 3.64. The van der Waals surface area contributed by atoms with Crippen LogP contribution in [0.1, 0.15) is 11.1 Å². The monoisotopic (exact) mass is 350 g/mol. The van der Waals surface area contributed by atoms with E-state index in [0.29, 0.717) is 22.7 Å². The Kier molecular flexibility index (Phi) is 4.87. The first-order chi connectivity index (χ1) is 12.0. The van der Waals surface area contributed by atoms with Gasteiger partial charge in [-0.25, -0.2) is 4.79 Å². The van der Waals surface area contributed by atoms with E-state index in [1.165, 1.54) is 12.1 Å². The van der Waals surface area contributed by atoms with Crippen molar-refractivity contribution in [1.82, 2.24) is 5.32 Å². The van der Waals surface area contributed by atoms with Gasteiger partial charge < -0.3 is 24.8 Å². The summed E-state index contributed by atoms with van der Waals surface area (Å²) in [5.41, 5.74) is 1.65. The van der Waals surface area contributed by atoms with Gasteiger partial charge in [0, 0.05) is 17.8 Å². The van der Waals surface area contributed by atoms with Crippen LogP contribution in [0.2, 0.25) is 0 Å². The molecular formula is C17H16F2N2O4. The normalized spacial score (nSPS) is 12.2. The number of nitrogens with one attached hydrogen (secondary N) is 2. The molecule has 0 unspecified atom stereocenters. The van der Waals surface area contributed by atoms with Crippen LogP contribution >= 0.6 is 0 Å². The van der Waals surface area contributed by atoms with Gasteiger partial charge in [0.1, 0.15) is 5.75 Å². The highest BCUT2D eigenvalue weighted by atomic mass is 19.3. The van der Waals surface area contributed by atoms with Gasteiger partial charge in [-0.3, -0.25) is 0 Å². The molecule has 0 atom stereocenters. The molecule has 0 spiro atoms. The van der Waals surface area contributed by atoms with E-state index in [2.05, 4.69) is 15.4 Å². The Labute approximate surface area is 142 Å². The second-order valence-corrected chi connectivity index (χ2v) is 5.30. The van der Waals surface area contributed by atoms with Crippen molar-refractivity contribution >= 4 is 11.7 Å². The molecule has 0 bridgehead atoms. The highest BCUT2D eigenvalue weighted by molar-refractivity contribution is 5.90. The van der Waals surface area contributed by atoms with E-state index >= 15 is 0 Å². The van der Waals surface area contributed by atoms with Gasteiger partial charge in [-0.2, -0.15) is 8.78 Å². The number of carbonyl (C=O) groups excluding carboxylic acids is 1. The first-order valence-electron chi connectivity index (χ1n) is 7.51. The lowest BCUT2D eigenvalue weighted by Crippen LogP contribution is -2.28. The van der Waals surface area contributed by atoms with Gasteiger partial charge in [0.05, 0.1) is 0 Å². The lowest BCUT2D eigenvalue weighted by atomic mass is 10.2. The molecule has 0 fully saturated rings. The molecule has 8 heteroatoms. The minimum atomic E-state index is -2.92. The Morgan fingerprint density at radius 1 is 1.24 bits per heavy atom. The number of halogens is 2. The van der Waals surface area contributed by atoms with Crippen molar-refractivity contribution in [3.63, 3.8) is 0 Å². The third kappa shape index (κ3) is 4.09. The van der Waals surface area contributed by atoms with Crippen LogP contribution in [-0.4, -0.2) is 19.4 Å². The summed E-state index contributed by atoms with van der Waals surface area (Å²) < 4.78 is 39.6. The predicted octanol–water partition coefficient (Wildman–Crippen LogP) is 3.65. The molecule has 2 aromatic rings. The second-order valence-electron chi connectivity index (χ2n) is 5.30. The topological polar surface area (TPSA) is 68.8 Å². The number of alkyl halides is 2. The van der Waals surface area contributed by atoms with Crippen LogP contribution in [0, 0.1) is 6.92 Å². The quantitative estimate of drug-likeness (QED) is 0.864. The zero-order valence-corrected chi connectivity index (χ0v) is 13.3. The molecule has 0 radical (unpaired) electrons. The molecule has 0 aliphatic carbocycles. The summed E-state index contributed by atoms with van der Waals surface area (Å²) in [6.45, 7) is -0.878. The number of anilines is 1. The molecule has 132 valence electrons. The van der Waals surface area contributed by atoms with Crippen molar-refractivity contribution in [2.45, 2.75) is 20.1 Å². The number of ether oxygens (including phenoxy) is 3. The minimum absolute atomic E-state index is 0.0172. The van der Waals surface area contributed by atoms with Gasteiger partial charge in [-0.15, -0.1) is 0 Å². The number of hydrogen-bond donors (Lipinski definition) is 2. The first-order valence-corrected chi connectivity index (χ1v) is 7.51.